The Bertz CT molecular complexity index is 1510. The summed E-state index contributed by atoms with van der Waals surface area (Å²) in [7, 11) is 3.25. The van der Waals surface area contributed by atoms with E-state index in [-0.39, 0.29) is 17.7 Å². The van der Waals surface area contributed by atoms with Crippen molar-refractivity contribution in [2.75, 3.05) is 32.6 Å². The number of pyridine rings is 1. The highest BCUT2D eigenvalue weighted by Crippen LogP contribution is 2.32. The number of carbonyl (C=O) groups is 2. The molecule has 0 radical (unpaired) electrons. The molecule has 0 atom stereocenters. The molecule has 2 aromatic carbocycles. The Morgan fingerprint density at radius 2 is 1.89 bits per heavy atom. The zero-order chi connectivity index (χ0) is 26.8. The van der Waals surface area contributed by atoms with Crippen LogP contribution in [0.3, 0.4) is 0 Å². The van der Waals surface area contributed by atoms with Gasteiger partial charge in [-0.25, -0.2) is 4.98 Å². The number of halogens is 1. The lowest BCUT2D eigenvalue weighted by Crippen LogP contribution is -2.42. The average Bonchev–Trinajstić information content (AvgIpc) is 3.38. The van der Waals surface area contributed by atoms with Gasteiger partial charge in [0.25, 0.3) is 5.91 Å². The van der Waals surface area contributed by atoms with Crippen LogP contribution in [0.4, 0.5) is 11.4 Å². The molecule has 3 heterocycles. The summed E-state index contributed by atoms with van der Waals surface area (Å²) < 4.78 is 7.28. The quantitative estimate of drug-likeness (QED) is 0.352. The Labute approximate surface area is 226 Å². The van der Waals surface area contributed by atoms with Gasteiger partial charge >= 0.3 is 0 Å². The van der Waals surface area contributed by atoms with E-state index in [9.17, 15) is 9.59 Å². The molecule has 0 unspecified atom stereocenters. The first-order valence-corrected chi connectivity index (χ1v) is 13.0. The van der Waals surface area contributed by atoms with Gasteiger partial charge < -0.3 is 20.3 Å². The lowest BCUT2D eigenvalue weighted by Gasteiger charge is -2.31. The SMILES string of the molecule is CNC(=O)C1CCN(C(=O)c2ccc(Nc3cccn4c(-c5ccc(OC)c(Cl)c5)cnc34)cc2C)CC1. The van der Waals surface area contributed by atoms with Crippen molar-refractivity contribution in [3.63, 3.8) is 0 Å². The van der Waals surface area contributed by atoms with Crippen LogP contribution in [0, 0.1) is 12.8 Å². The summed E-state index contributed by atoms with van der Waals surface area (Å²) in [6.07, 6.45) is 5.15. The average molecular weight is 532 g/mol. The van der Waals surface area contributed by atoms with Crippen LogP contribution in [0.15, 0.2) is 60.9 Å². The Morgan fingerprint density at radius 3 is 2.58 bits per heavy atom. The molecule has 8 nitrogen and oxygen atoms in total. The van der Waals surface area contributed by atoms with Crippen molar-refractivity contribution in [2.24, 2.45) is 5.92 Å². The van der Waals surface area contributed by atoms with E-state index >= 15 is 0 Å². The maximum Gasteiger partial charge on any atom is 0.254 e. The van der Waals surface area contributed by atoms with Crippen LogP contribution in [0.5, 0.6) is 5.75 Å². The minimum Gasteiger partial charge on any atom is -0.495 e. The number of hydrogen-bond donors (Lipinski definition) is 2. The number of imidazole rings is 1. The predicted molar refractivity (Wildman–Crippen MR) is 149 cm³/mol. The van der Waals surface area contributed by atoms with Gasteiger partial charge in [0.15, 0.2) is 5.65 Å². The number of hydrogen-bond acceptors (Lipinski definition) is 5. The first-order chi connectivity index (χ1) is 18.4. The molecule has 0 bridgehead atoms. The van der Waals surface area contributed by atoms with Crippen molar-refractivity contribution in [3.05, 3.63) is 77.1 Å². The second kappa shape index (κ2) is 10.8. The molecule has 0 aliphatic carbocycles. The molecule has 38 heavy (non-hydrogen) atoms. The highest BCUT2D eigenvalue weighted by molar-refractivity contribution is 6.32. The molecule has 5 rings (SSSR count). The number of fused-ring (bicyclic) bond motifs is 1. The van der Waals surface area contributed by atoms with Crippen LogP contribution in [-0.4, -0.2) is 53.3 Å². The molecule has 9 heteroatoms. The minimum absolute atomic E-state index is 0.00237. The van der Waals surface area contributed by atoms with Gasteiger partial charge in [-0.05, 0) is 73.9 Å². The van der Waals surface area contributed by atoms with Gasteiger partial charge in [0.2, 0.25) is 5.91 Å². The van der Waals surface area contributed by atoms with E-state index in [0.29, 0.717) is 42.3 Å². The second-order valence-corrected chi connectivity index (χ2v) is 9.85. The first-order valence-electron chi connectivity index (χ1n) is 12.6. The number of piperidine rings is 1. The zero-order valence-corrected chi connectivity index (χ0v) is 22.4. The Balaban J connectivity index is 1.34. The van der Waals surface area contributed by atoms with Gasteiger partial charge in [-0.2, -0.15) is 0 Å². The summed E-state index contributed by atoms with van der Waals surface area (Å²) >= 11 is 6.35. The Morgan fingerprint density at radius 1 is 1.11 bits per heavy atom. The van der Waals surface area contributed by atoms with Gasteiger partial charge in [-0.3, -0.25) is 14.0 Å². The number of benzene rings is 2. The highest BCUT2D eigenvalue weighted by Gasteiger charge is 2.27. The number of aromatic nitrogens is 2. The van der Waals surface area contributed by atoms with Crippen LogP contribution < -0.4 is 15.4 Å². The fraction of sp³-hybridized carbons (Fsp3) is 0.276. The third-order valence-electron chi connectivity index (χ3n) is 7.12. The fourth-order valence-electron chi connectivity index (χ4n) is 5.00. The van der Waals surface area contributed by atoms with E-state index in [1.165, 1.54) is 0 Å². The highest BCUT2D eigenvalue weighted by atomic mass is 35.5. The number of nitrogens with one attached hydrogen (secondary N) is 2. The number of amides is 2. The summed E-state index contributed by atoms with van der Waals surface area (Å²) in [5.41, 5.74) is 5.87. The summed E-state index contributed by atoms with van der Waals surface area (Å²) in [5.74, 6) is 0.653. The number of ether oxygens (including phenoxy) is 1. The lowest BCUT2D eigenvalue weighted by atomic mass is 9.95. The van der Waals surface area contributed by atoms with Gasteiger partial charge in [0.05, 0.1) is 29.7 Å². The number of likely N-dealkylation sites (tertiary alicyclic amines) is 1. The standard InChI is InChI=1S/C29H30ClN5O3/c1-18-15-21(7-8-22(18)29(37)34-13-10-19(11-14-34)28(36)31-2)33-24-5-4-12-35-25(17-32-27(24)35)20-6-9-26(38-3)23(30)16-20/h4-9,12,15-17,19,33H,10-11,13-14H2,1-3H3,(H,31,36). The fourth-order valence-corrected chi connectivity index (χ4v) is 5.26. The predicted octanol–water partition coefficient (Wildman–Crippen LogP) is 5.31. The van der Waals surface area contributed by atoms with E-state index in [1.54, 1.807) is 14.2 Å². The molecule has 0 spiro atoms. The topological polar surface area (TPSA) is 88.0 Å². The normalized spacial score (nSPS) is 13.9. The van der Waals surface area contributed by atoms with E-state index in [2.05, 4.69) is 15.6 Å². The molecule has 196 valence electrons. The molecule has 2 N–H and O–H groups in total. The van der Waals surface area contributed by atoms with Gasteiger partial charge in [-0.15, -0.1) is 0 Å². The van der Waals surface area contributed by atoms with Crippen molar-refractivity contribution in [2.45, 2.75) is 19.8 Å². The molecule has 1 aliphatic heterocycles. The number of rotatable bonds is 6. The van der Waals surface area contributed by atoms with Crippen molar-refractivity contribution in [3.8, 4) is 17.0 Å². The summed E-state index contributed by atoms with van der Waals surface area (Å²) in [6, 6.07) is 15.3. The van der Waals surface area contributed by atoms with E-state index in [4.69, 9.17) is 16.3 Å². The molecular formula is C29H30ClN5O3. The minimum atomic E-state index is -0.0238. The van der Waals surface area contributed by atoms with Crippen molar-refractivity contribution in [1.29, 1.82) is 0 Å². The number of carbonyl (C=O) groups excluding carboxylic acids is 2. The van der Waals surface area contributed by atoms with E-state index in [0.717, 1.165) is 33.8 Å². The zero-order valence-electron chi connectivity index (χ0n) is 21.6. The Kier molecular flexibility index (Phi) is 7.24. The van der Waals surface area contributed by atoms with Gasteiger partial charge in [-0.1, -0.05) is 11.6 Å². The van der Waals surface area contributed by atoms with Crippen LogP contribution in [0.2, 0.25) is 5.02 Å². The molecule has 0 saturated carbocycles. The summed E-state index contributed by atoms with van der Waals surface area (Å²) in [6.45, 7) is 3.11. The van der Waals surface area contributed by atoms with Crippen molar-refractivity contribution >= 4 is 40.4 Å². The second-order valence-electron chi connectivity index (χ2n) is 9.44. The maximum atomic E-state index is 13.2. The van der Waals surface area contributed by atoms with Crippen LogP contribution >= 0.6 is 11.6 Å². The number of methoxy groups -OCH3 is 1. The monoisotopic (exact) mass is 531 g/mol. The summed E-state index contributed by atoms with van der Waals surface area (Å²) in [5, 5.41) is 6.70. The van der Waals surface area contributed by atoms with Gasteiger partial charge in [0.1, 0.15) is 5.75 Å². The maximum absolute atomic E-state index is 13.2. The third-order valence-corrected chi connectivity index (χ3v) is 7.41. The largest absolute Gasteiger partial charge is 0.495 e. The van der Waals surface area contributed by atoms with E-state index < -0.39 is 0 Å². The number of nitrogens with zero attached hydrogens (tertiary/aromatic N) is 3. The van der Waals surface area contributed by atoms with Gasteiger partial charge in [0, 0.05) is 49.1 Å². The van der Waals surface area contributed by atoms with Crippen molar-refractivity contribution in [1.82, 2.24) is 19.6 Å². The van der Waals surface area contributed by atoms with E-state index in [1.807, 2.05) is 77.1 Å². The lowest BCUT2D eigenvalue weighted by molar-refractivity contribution is -0.125. The summed E-state index contributed by atoms with van der Waals surface area (Å²) in [4.78, 5) is 31.6. The molecule has 1 aliphatic rings. The number of aryl methyl sites for hydroxylation is 1. The molecule has 1 saturated heterocycles. The van der Waals surface area contributed by atoms with Crippen LogP contribution in [-0.2, 0) is 4.79 Å². The van der Waals surface area contributed by atoms with Crippen molar-refractivity contribution < 1.29 is 14.3 Å². The molecule has 1 fully saturated rings. The smallest absolute Gasteiger partial charge is 0.254 e. The molecule has 2 amide bonds. The molecule has 2 aromatic heterocycles. The number of anilines is 2. The third kappa shape index (κ3) is 4.91. The van der Waals surface area contributed by atoms with Crippen LogP contribution in [0.25, 0.3) is 16.9 Å². The molecular weight excluding hydrogens is 502 g/mol. The molecule has 4 aromatic rings. The Hall–Kier alpha value is -4.04. The van der Waals surface area contributed by atoms with Crippen LogP contribution in [0.1, 0.15) is 28.8 Å². The first kappa shape index (κ1) is 25.6.